The summed E-state index contributed by atoms with van der Waals surface area (Å²) in [5.74, 6) is -2.16. The van der Waals surface area contributed by atoms with Crippen LogP contribution in [-0.2, 0) is 0 Å². The van der Waals surface area contributed by atoms with Crippen molar-refractivity contribution < 1.29 is 36.2 Å². The number of aliphatic hydroxyl groups excluding tert-OH is 1. The van der Waals surface area contributed by atoms with Crippen molar-refractivity contribution in [3.8, 4) is 5.75 Å². The third-order valence-electron chi connectivity index (χ3n) is 2.38. The van der Waals surface area contributed by atoms with Crippen molar-refractivity contribution in [2.45, 2.75) is 12.8 Å². The van der Waals surface area contributed by atoms with E-state index < -0.39 is 49.7 Å². The van der Waals surface area contributed by atoms with Crippen molar-refractivity contribution in [2.24, 2.45) is 0 Å². The van der Waals surface area contributed by atoms with E-state index in [1.807, 2.05) is 0 Å². The van der Waals surface area contributed by atoms with Crippen molar-refractivity contribution in [1.82, 2.24) is 0 Å². The quantitative estimate of drug-likeness (QED) is 0.624. The maximum atomic E-state index is 13.3. The van der Waals surface area contributed by atoms with Gasteiger partial charge in [-0.15, -0.1) is 0 Å². The molecule has 0 aliphatic rings. The van der Waals surface area contributed by atoms with Crippen LogP contribution in [0.2, 0.25) is 0 Å². The second kappa shape index (κ2) is 6.74. The maximum absolute atomic E-state index is 13.3. The SMILES string of the molecule is Nc1cc(F)c(OC(F)F)cc1N(CCO)CC(F)(F)F. The van der Waals surface area contributed by atoms with E-state index in [9.17, 15) is 26.3 Å². The smallest absolute Gasteiger partial charge is 0.405 e. The minimum absolute atomic E-state index is 0.363. The van der Waals surface area contributed by atoms with Gasteiger partial charge in [0.25, 0.3) is 0 Å². The zero-order valence-electron chi connectivity index (χ0n) is 10.5. The molecule has 0 radical (unpaired) electrons. The second-order valence-electron chi connectivity index (χ2n) is 3.98. The number of rotatable bonds is 6. The molecule has 120 valence electrons. The topological polar surface area (TPSA) is 58.7 Å². The number of alkyl halides is 5. The van der Waals surface area contributed by atoms with Gasteiger partial charge in [-0.2, -0.15) is 22.0 Å². The first-order valence-corrected chi connectivity index (χ1v) is 5.60. The van der Waals surface area contributed by atoms with Crippen LogP contribution in [0.3, 0.4) is 0 Å². The van der Waals surface area contributed by atoms with Crippen LogP contribution < -0.4 is 15.4 Å². The van der Waals surface area contributed by atoms with Crippen molar-refractivity contribution in [3.05, 3.63) is 17.9 Å². The van der Waals surface area contributed by atoms with Crippen LogP contribution in [0.5, 0.6) is 5.75 Å². The van der Waals surface area contributed by atoms with Crippen LogP contribution in [0.25, 0.3) is 0 Å². The highest BCUT2D eigenvalue weighted by atomic mass is 19.4. The fraction of sp³-hybridized carbons (Fsp3) is 0.455. The number of anilines is 2. The average molecular weight is 318 g/mol. The van der Waals surface area contributed by atoms with E-state index >= 15 is 0 Å². The lowest BCUT2D eigenvalue weighted by Gasteiger charge is -2.27. The third-order valence-corrected chi connectivity index (χ3v) is 2.38. The van der Waals surface area contributed by atoms with Gasteiger partial charge in [-0.05, 0) is 0 Å². The molecule has 3 N–H and O–H groups in total. The number of nitrogen functional groups attached to an aromatic ring is 1. The second-order valence-corrected chi connectivity index (χ2v) is 3.98. The zero-order valence-corrected chi connectivity index (χ0v) is 10.5. The molecule has 0 aliphatic heterocycles. The molecule has 21 heavy (non-hydrogen) atoms. The molecule has 0 atom stereocenters. The highest BCUT2D eigenvalue weighted by molar-refractivity contribution is 5.70. The van der Waals surface area contributed by atoms with Gasteiger partial charge in [0, 0.05) is 18.7 Å². The Morgan fingerprint density at radius 3 is 2.38 bits per heavy atom. The number of benzene rings is 1. The van der Waals surface area contributed by atoms with Gasteiger partial charge in [-0.25, -0.2) is 4.39 Å². The molecule has 10 heteroatoms. The molecule has 0 fully saturated rings. The summed E-state index contributed by atoms with van der Waals surface area (Å²) < 4.78 is 78.8. The van der Waals surface area contributed by atoms with Gasteiger partial charge in [-0.3, -0.25) is 0 Å². The van der Waals surface area contributed by atoms with Crippen LogP contribution in [0.15, 0.2) is 12.1 Å². The molecule has 1 aromatic rings. The highest BCUT2D eigenvalue weighted by Gasteiger charge is 2.32. The standard InChI is InChI=1S/C11H12F6N2O2/c12-6-3-7(18)8(4-9(6)21-10(13)14)19(1-2-20)5-11(15,16)17/h3-4,10,20H,1-2,5,18H2. The van der Waals surface area contributed by atoms with Gasteiger partial charge in [0.1, 0.15) is 6.54 Å². The average Bonchev–Trinajstić information content (AvgIpc) is 2.30. The van der Waals surface area contributed by atoms with Gasteiger partial charge >= 0.3 is 12.8 Å². The Morgan fingerprint density at radius 1 is 1.29 bits per heavy atom. The largest absolute Gasteiger partial charge is 0.432 e. The Hall–Kier alpha value is -1.84. The predicted molar refractivity (Wildman–Crippen MR) is 62.8 cm³/mol. The van der Waals surface area contributed by atoms with Crippen molar-refractivity contribution in [3.63, 3.8) is 0 Å². The molecular weight excluding hydrogens is 306 g/mol. The normalized spacial score (nSPS) is 11.8. The maximum Gasteiger partial charge on any atom is 0.405 e. The Kier molecular flexibility index (Phi) is 5.53. The Bertz CT molecular complexity index is 481. The van der Waals surface area contributed by atoms with Crippen LogP contribution in [-0.4, -0.2) is 37.6 Å². The molecule has 1 rings (SSSR count). The van der Waals surface area contributed by atoms with E-state index in [0.717, 1.165) is 0 Å². The fourth-order valence-electron chi connectivity index (χ4n) is 1.64. The summed E-state index contributed by atoms with van der Waals surface area (Å²) in [5.41, 5.74) is 4.64. The highest BCUT2D eigenvalue weighted by Crippen LogP contribution is 2.33. The number of nitrogens with two attached hydrogens (primary N) is 1. The van der Waals surface area contributed by atoms with Crippen molar-refractivity contribution in [1.29, 1.82) is 0 Å². The predicted octanol–water partition coefficient (Wildman–Crippen LogP) is 2.37. The van der Waals surface area contributed by atoms with Crippen LogP contribution in [0.1, 0.15) is 0 Å². The first-order chi connectivity index (χ1) is 9.64. The summed E-state index contributed by atoms with van der Waals surface area (Å²) in [6, 6.07) is 1.21. The van der Waals surface area contributed by atoms with Crippen molar-refractivity contribution in [2.75, 3.05) is 30.3 Å². The minimum atomic E-state index is -4.63. The molecule has 1 aromatic carbocycles. The molecule has 0 aliphatic carbocycles. The Labute approximate surface area is 115 Å². The van der Waals surface area contributed by atoms with Crippen molar-refractivity contribution >= 4 is 11.4 Å². The Morgan fingerprint density at radius 2 is 1.90 bits per heavy atom. The lowest BCUT2D eigenvalue weighted by atomic mass is 10.2. The van der Waals surface area contributed by atoms with Gasteiger partial charge in [-0.1, -0.05) is 0 Å². The molecule has 0 saturated heterocycles. The number of ether oxygens (including phenoxy) is 1. The zero-order chi connectivity index (χ0) is 16.2. The molecule has 0 aromatic heterocycles. The van der Waals surface area contributed by atoms with E-state index in [1.165, 1.54) is 0 Å². The first-order valence-electron chi connectivity index (χ1n) is 5.60. The first kappa shape index (κ1) is 17.2. The van der Waals surface area contributed by atoms with Gasteiger partial charge in [0.05, 0.1) is 18.0 Å². The van der Waals surface area contributed by atoms with Gasteiger partial charge < -0.3 is 20.5 Å². The van der Waals surface area contributed by atoms with Gasteiger partial charge in [0.2, 0.25) is 0 Å². The fourth-order valence-corrected chi connectivity index (χ4v) is 1.64. The van der Waals surface area contributed by atoms with Crippen LogP contribution in [0, 0.1) is 5.82 Å². The summed E-state index contributed by atoms with van der Waals surface area (Å²) in [6.45, 7) is -5.94. The van der Waals surface area contributed by atoms with E-state index in [-0.39, 0.29) is 5.69 Å². The molecule has 4 nitrogen and oxygen atoms in total. The molecule has 0 bridgehead atoms. The van der Waals surface area contributed by atoms with E-state index in [2.05, 4.69) is 4.74 Å². The Balaban J connectivity index is 3.17. The molecule has 0 amide bonds. The summed E-state index contributed by atoms with van der Waals surface area (Å²) in [4.78, 5) is 0.590. The van der Waals surface area contributed by atoms with Crippen LogP contribution in [0.4, 0.5) is 37.7 Å². The van der Waals surface area contributed by atoms with E-state index in [0.29, 0.717) is 17.0 Å². The summed E-state index contributed by atoms with van der Waals surface area (Å²) in [7, 11) is 0. The summed E-state index contributed by atoms with van der Waals surface area (Å²) in [6.07, 6.45) is -4.63. The lowest BCUT2D eigenvalue weighted by molar-refractivity contribution is -0.119. The molecule has 0 spiro atoms. The number of aliphatic hydroxyl groups is 1. The third kappa shape index (κ3) is 5.21. The van der Waals surface area contributed by atoms with Gasteiger partial charge in [0.15, 0.2) is 11.6 Å². The minimum Gasteiger partial charge on any atom is -0.432 e. The van der Waals surface area contributed by atoms with E-state index in [1.54, 1.807) is 0 Å². The summed E-state index contributed by atoms with van der Waals surface area (Å²) >= 11 is 0. The van der Waals surface area contributed by atoms with E-state index in [4.69, 9.17) is 10.8 Å². The molecule has 0 unspecified atom stereocenters. The lowest BCUT2D eigenvalue weighted by Crippen LogP contribution is -2.36. The number of hydrogen-bond donors (Lipinski definition) is 2. The monoisotopic (exact) mass is 318 g/mol. The molecule has 0 heterocycles. The number of halogens is 6. The van der Waals surface area contributed by atoms with Crippen LogP contribution >= 0.6 is 0 Å². The molecular formula is C11H12F6N2O2. The summed E-state index contributed by atoms with van der Waals surface area (Å²) in [5, 5.41) is 8.78. The molecule has 0 saturated carbocycles. The number of nitrogens with zero attached hydrogens (tertiary/aromatic N) is 1. The number of hydrogen-bond acceptors (Lipinski definition) is 4.